The average Bonchev–Trinajstić information content (AvgIpc) is 2.26. The van der Waals surface area contributed by atoms with Gasteiger partial charge in [0, 0.05) is 19.6 Å². The Morgan fingerprint density at radius 2 is 2.00 bits per heavy atom. The standard InChI is InChI=1S/C13H22N2O/c1-9-6-10(2)13(16-5)12(7-9)15(4)11(3)8-14/h6-7,11H,8,14H2,1-5H3. The highest BCUT2D eigenvalue weighted by molar-refractivity contribution is 5.63. The predicted octanol–water partition coefficient (Wildman–Crippen LogP) is 2.10. The molecular formula is C13H22N2O. The molecule has 0 aliphatic rings. The van der Waals surface area contributed by atoms with Crippen LogP contribution in [0.25, 0.3) is 0 Å². The van der Waals surface area contributed by atoms with Gasteiger partial charge in [-0.05, 0) is 38.0 Å². The van der Waals surface area contributed by atoms with Crippen molar-refractivity contribution < 1.29 is 4.74 Å². The van der Waals surface area contributed by atoms with Gasteiger partial charge in [0.1, 0.15) is 5.75 Å². The zero-order valence-corrected chi connectivity index (χ0v) is 10.9. The summed E-state index contributed by atoms with van der Waals surface area (Å²) in [5, 5.41) is 0. The molecule has 0 fully saturated rings. The Hall–Kier alpha value is -1.22. The Labute approximate surface area is 98.2 Å². The maximum absolute atomic E-state index is 5.70. The number of methoxy groups -OCH3 is 1. The van der Waals surface area contributed by atoms with E-state index in [2.05, 4.69) is 37.8 Å². The van der Waals surface area contributed by atoms with Gasteiger partial charge in [0.15, 0.2) is 0 Å². The maximum atomic E-state index is 5.70. The quantitative estimate of drug-likeness (QED) is 0.848. The van der Waals surface area contributed by atoms with Crippen LogP contribution in [-0.4, -0.2) is 26.7 Å². The third-order valence-electron chi connectivity index (χ3n) is 2.99. The molecular weight excluding hydrogens is 200 g/mol. The molecule has 0 radical (unpaired) electrons. The van der Waals surface area contributed by atoms with E-state index in [1.165, 1.54) is 5.56 Å². The third kappa shape index (κ3) is 2.47. The number of likely N-dealkylation sites (N-methyl/N-ethyl adjacent to an activating group) is 1. The van der Waals surface area contributed by atoms with Crippen LogP contribution in [0.1, 0.15) is 18.1 Å². The summed E-state index contributed by atoms with van der Waals surface area (Å²) in [4.78, 5) is 2.17. The molecule has 0 amide bonds. The van der Waals surface area contributed by atoms with Crippen LogP contribution >= 0.6 is 0 Å². The van der Waals surface area contributed by atoms with Crippen molar-refractivity contribution in [1.82, 2.24) is 0 Å². The van der Waals surface area contributed by atoms with Crippen molar-refractivity contribution in [2.24, 2.45) is 5.73 Å². The number of anilines is 1. The van der Waals surface area contributed by atoms with Crippen molar-refractivity contribution in [2.45, 2.75) is 26.8 Å². The van der Waals surface area contributed by atoms with Gasteiger partial charge >= 0.3 is 0 Å². The van der Waals surface area contributed by atoms with Crippen LogP contribution in [0.5, 0.6) is 5.75 Å². The summed E-state index contributed by atoms with van der Waals surface area (Å²) in [6.45, 7) is 6.90. The maximum Gasteiger partial charge on any atom is 0.145 e. The molecule has 90 valence electrons. The Morgan fingerprint density at radius 1 is 1.38 bits per heavy atom. The smallest absolute Gasteiger partial charge is 0.145 e. The van der Waals surface area contributed by atoms with E-state index in [9.17, 15) is 0 Å². The van der Waals surface area contributed by atoms with Gasteiger partial charge in [-0.3, -0.25) is 0 Å². The molecule has 1 atom stereocenters. The highest BCUT2D eigenvalue weighted by atomic mass is 16.5. The summed E-state index contributed by atoms with van der Waals surface area (Å²) in [5.74, 6) is 0.938. The molecule has 0 heterocycles. The van der Waals surface area contributed by atoms with Gasteiger partial charge < -0.3 is 15.4 Å². The van der Waals surface area contributed by atoms with Crippen LogP contribution < -0.4 is 15.4 Å². The van der Waals surface area contributed by atoms with Crippen LogP contribution in [0.3, 0.4) is 0 Å². The number of hydrogen-bond acceptors (Lipinski definition) is 3. The van der Waals surface area contributed by atoms with E-state index >= 15 is 0 Å². The predicted molar refractivity (Wildman–Crippen MR) is 69.4 cm³/mol. The van der Waals surface area contributed by atoms with Gasteiger partial charge in [-0.1, -0.05) is 6.07 Å². The van der Waals surface area contributed by atoms with Crippen LogP contribution in [0.2, 0.25) is 0 Å². The number of aryl methyl sites for hydroxylation is 2. The van der Waals surface area contributed by atoms with Crippen molar-refractivity contribution >= 4 is 5.69 Å². The van der Waals surface area contributed by atoms with Gasteiger partial charge in [0.2, 0.25) is 0 Å². The van der Waals surface area contributed by atoms with E-state index in [4.69, 9.17) is 10.5 Å². The molecule has 2 N–H and O–H groups in total. The molecule has 1 unspecified atom stereocenters. The zero-order chi connectivity index (χ0) is 12.3. The first-order chi connectivity index (χ1) is 7.51. The van der Waals surface area contributed by atoms with Crippen molar-refractivity contribution in [3.05, 3.63) is 23.3 Å². The van der Waals surface area contributed by atoms with Crippen LogP contribution in [0.4, 0.5) is 5.69 Å². The van der Waals surface area contributed by atoms with Crippen molar-refractivity contribution in [1.29, 1.82) is 0 Å². The highest BCUT2D eigenvalue weighted by Crippen LogP contribution is 2.33. The summed E-state index contributed by atoms with van der Waals surface area (Å²) < 4.78 is 5.46. The Morgan fingerprint density at radius 3 is 2.50 bits per heavy atom. The fourth-order valence-corrected chi connectivity index (χ4v) is 1.86. The van der Waals surface area contributed by atoms with Crippen LogP contribution in [0.15, 0.2) is 12.1 Å². The Kier molecular flexibility index (Phi) is 4.19. The van der Waals surface area contributed by atoms with E-state index in [0.717, 1.165) is 17.0 Å². The summed E-state index contributed by atoms with van der Waals surface area (Å²) in [7, 11) is 3.76. The second kappa shape index (κ2) is 5.21. The number of nitrogens with zero attached hydrogens (tertiary/aromatic N) is 1. The lowest BCUT2D eigenvalue weighted by molar-refractivity contribution is 0.410. The highest BCUT2D eigenvalue weighted by Gasteiger charge is 2.15. The average molecular weight is 222 g/mol. The molecule has 0 saturated carbocycles. The molecule has 0 aliphatic carbocycles. The van der Waals surface area contributed by atoms with Crippen molar-refractivity contribution in [3.8, 4) is 5.75 Å². The van der Waals surface area contributed by atoms with Crippen LogP contribution in [-0.2, 0) is 0 Å². The first-order valence-corrected chi connectivity index (χ1v) is 5.59. The largest absolute Gasteiger partial charge is 0.494 e. The minimum Gasteiger partial charge on any atom is -0.494 e. The molecule has 0 spiro atoms. The normalized spacial score (nSPS) is 12.4. The zero-order valence-electron chi connectivity index (χ0n) is 10.9. The van der Waals surface area contributed by atoms with Gasteiger partial charge in [-0.15, -0.1) is 0 Å². The van der Waals surface area contributed by atoms with E-state index in [-0.39, 0.29) is 0 Å². The molecule has 1 aromatic rings. The van der Waals surface area contributed by atoms with E-state index in [1.807, 2.05) is 7.05 Å². The molecule has 0 bridgehead atoms. The summed E-state index contributed by atoms with van der Waals surface area (Å²) in [6.07, 6.45) is 0. The van der Waals surface area contributed by atoms with Gasteiger partial charge in [0.25, 0.3) is 0 Å². The minimum absolute atomic E-state index is 0.301. The topological polar surface area (TPSA) is 38.5 Å². The number of benzene rings is 1. The van der Waals surface area contributed by atoms with Crippen molar-refractivity contribution in [3.63, 3.8) is 0 Å². The lowest BCUT2D eigenvalue weighted by atomic mass is 10.1. The Bertz CT molecular complexity index is 363. The summed E-state index contributed by atoms with van der Waals surface area (Å²) in [6, 6.07) is 4.57. The molecule has 3 heteroatoms. The van der Waals surface area contributed by atoms with Crippen molar-refractivity contribution in [2.75, 3.05) is 25.6 Å². The molecule has 3 nitrogen and oxygen atoms in total. The minimum atomic E-state index is 0.301. The molecule has 1 aromatic carbocycles. The van der Waals surface area contributed by atoms with Crippen LogP contribution in [0, 0.1) is 13.8 Å². The Balaban J connectivity index is 3.20. The molecule has 0 saturated heterocycles. The molecule has 1 rings (SSSR count). The first-order valence-electron chi connectivity index (χ1n) is 5.59. The molecule has 0 aromatic heterocycles. The third-order valence-corrected chi connectivity index (χ3v) is 2.99. The fourth-order valence-electron chi connectivity index (χ4n) is 1.86. The number of ether oxygens (including phenoxy) is 1. The monoisotopic (exact) mass is 222 g/mol. The lowest BCUT2D eigenvalue weighted by Crippen LogP contribution is -2.35. The lowest BCUT2D eigenvalue weighted by Gasteiger charge is -2.28. The van der Waals surface area contributed by atoms with E-state index < -0.39 is 0 Å². The number of nitrogens with two attached hydrogens (primary N) is 1. The molecule has 0 aliphatic heterocycles. The summed E-state index contributed by atoms with van der Waals surface area (Å²) in [5.41, 5.74) is 9.21. The fraction of sp³-hybridized carbons (Fsp3) is 0.538. The van der Waals surface area contributed by atoms with E-state index in [0.29, 0.717) is 12.6 Å². The van der Waals surface area contributed by atoms with E-state index in [1.54, 1.807) is 7.11 Å². The second-order valence-electron chi connectivity index (χ2n) is 4.33. The van der Waals surface area contributed by atoms with Gasteiger partial charge in [0.05, 0.1) is 12.8 Å². The second-order valence-corrected chi connectivity index (χ2v) is 4.33. The van der Waals surface area contributed by atoms with Gasteiger partial charge in [-0.2, -0.15) is 0 Å². The SMILES string of the molecule is COc1c(C)cc(C)cc1N(C)C(C)CN. The van der Waals surface area contributed by atoms with Gasteiger partial charge in [-0.25, -0.2) is 0 Å². The summed E-state index contributed by atoms with van der Waals surface area (Å²) >= 11 is 0. The first kappa shape index (κ1) is 12.8. The number of hydrogen-bond donors (Lipinski definition) is 1. The molecule has 16 heavy (non-hydrogen) atoms. The number of rotatable bonds is 4.